The lowest BCUT2D eigenvalue weighted by Crippen LogP contribution is -2.27. The van der Waals surface area contributed by atoms with Crippen LogP contribution in [0.25, 0.3) is 0 Å². The predicted octanol–water partition coefficient (Wildman–Crippen LogP) is 1.31. The van der Waals surface area contributed by atoms with Gasteiger partial charge in [-0.15, -0.1) is 0 Å². The van der Waals surface area contributed by atoms with E-state index in [2.05, 4.69) is 27.5 Å². The number of amides is 1. The molecule has 0 aliphatic rings. The Morgan fingerprint density at radius 1 is 1.15 bits per heavy atom. The average molecular weight is 377 g/mol. The van der Waals surface area contributed by atoms with E-state index in [0.29, 0.717) is 24.6 Å². The lowest BCUT2D eigenvalue weighted by atomic mass is 10.1. The molecule has 0 unspecified atom stereocenters. The van der Waals surface area contributed by atoms with Crippen molar-refractivity contribution in [1.29, 1.82) is 0 Å². The van der Waals surface area contributed by atoms with E-state index in [4.69, 9.17) is 5.14 Å². The Bertz CT molecular complexity index is 838. The molecule has 0 aliphatic carbocycles. The van der Waals surface area contributed by atoms with Gasteiger partial charge in [-0.2, -0.15) is 0 Å². The summed E-state index contributed by atoms with van der Waals surface area (Å²) in [4.78, 5) is 20.5. The summed E-state index contributed by atoms with van der Waals surface area (Å²) >= 11 is 0. The molecule has 4 N–H and O–H groups in total. The number of carbonyl (C=O) groups is 1. The van der Waals surface area contributed by atoms with E-state index in [1.165, 1.54) is 12.1 Å². The van der Waals surface area contributed by atoms with Crippen molar-refractivity contribution in [3.05, 3.63) is 47.8 Å². The van der Waals surface area contributed by atoms with Gasteiger partial charge < -0.3 is 10.6 Å². The van der Waals surface area contributed by atoms with Gasteiger partial charge in [0.25, 0.3) is 5.91 Å². The van der Waals surface area contributed by atoms with Crippen molar-refractivity contribution < 1.29 is 13.2 Å². The number of nitrogens with one attached hydrogen (secondary N) is 2. The van der Waals surface area contributed by atoms with E-state index < -0.39 is 10.0 Å². The third kappa shape index (κ3) is 6.08. The standard InChI is InChI=1S/C17H23N5O3S/c1-2-3-10-20-17-21-12-9-15(22-17)16(23)19-11-8-13-4-6-14(7-5-13)26(18,24)25/h4-7,9,12H,2-3,8,10-11H2,1H3,(H,19,23)(H2,18,24,25)(H,20,21,22). The molecule has 0 fully saturated rings. The summed E-state index contributed by atoms with van der Waals surface area (Å²) in [5.74, 6) is 0.150. The number of nitrogens with two attached hydrogens (primary N) is 1. The number of rotatable bonds is 9. The molecule has 0 saturated heterocycles. The molecular weight excluding hydrogens is 354 g/mol. The van der Waals surface area contributed by atoms with E-state index in [1.807, 2.05) is 0 Å². The van der Waals surface area contributed by atoms with Crippen LogP contribution in [-0.2, 0) is 16.4 Å². The zero-order valence-corrected chi connectivity index (χ0v) is 15.4. The van der Waals surface area contributed by atoms with Crippen molar-refractivity contribution in [2.75, 3.05) is 18.4 Å². The molecular formula is C17H23N5O3S. The molecule has 0 aliphatic heterocycles. The molecule has 2 aromatic rings. The molecule has 26 heavy (non-hydrogen) atoms. The van der Waals surface area contributed by atoms with Crippen molar-refractivity contribution in [3.8, 4) is 0 Å². The SMILES string of the molecule is CCCCNc1nccc(C(=O)NCCc2ccc(S(N)(=O)=O)cc2)n1. The lowest BCUT2D eigenvalue weighted by molar-refractivity contribution is 0.0949. The van der Waals surface area contributed by atoms with E-state index in [9.17, 15) is 13.2 Å². The number of unbranched alkanes of at least 4 members (excludes halogenated alkanes) is 1. The van der Waals surface area contributed by atoms with Crippen LogP contribution in [0.5, 0.6) is 0 Å². The Labute approximate surface area is 153 Å². The Kier molecular flexibility index (Phi) is 7.05. The lowest BCUT2D eigenvalue weighted by Gasteiger charge is -2.07. The van der Waals surface area contributed by atoms with Crippen molar-refractivity contribution in [1.82, 2.24) is 15.3 Å². The highest BCUT2D eigenvalue weighted by molar-refractivity contribution is 7.89. The zero-order chi connectivity index (χ0) is 19.0. The molecule has 1 heterocycles. The molecule has 0 bridgehead atoms. The first kappa shape index (κ1) is 19.8. The van der Waals surface area contributed by atoms with Gasteiger partial charge in [-0.05, 0) is 36.6 Å². The van der Waals surface area contributed by atoms with Gasteiger partial charge in [-0.3, -0.25) is 4.79 Å². The van der Waals surface area contributed by atoms with Crippen molar-refractivity contribution in [2.45, 2.75) is 31.1 Å². The van der Waals surface area contributed by atoms with Gasteiger partial charge in [0.05, 0.1) is 4.90 Å². The fraction of sp³-hybridized carbons (Fsp3) is 0.353. The number of primary sulfonamides is 1. The first-order valence-electron chi connectivity index (χ1n) is 8.37. The Morgan fingerprint density at radius 2 is 1.88 bits per heavy atom. The Hall–Kier alpha value is -2.52. The summed E-state index contributed by atoms with van der Waals surface area (Å²) in [6.45, 7) is 3.25. The second-order valence-corrected chi connectivity index (χ2v) is 7.30. The minimum Gasteiger partial charge on any atom is -0.354 e. The highest BCUT2D eigenvalue weighted by atomic mass is 32.2. The molecule has 2 rings (SSSR count). The quantitative estimate of drug-likeness (QED) is 0.565. The first-order valence-corrected chi connectivity index (χ1v) is 9.91. The van der Waals surface area contributed by atoms with Gasteiger partial charge in [0.1, 0.15) is 5.69 Å². The number of anilines is 1. The number of benzene rings is 1. The summed E-state index contributed by atoms with van der Waals surface area (Å²) in [5, 5.41) is 10.9. The van der Waals surface area contributed by atoms with Gasteiger partial charge in [-0.1, -0.05) is 25.5 Å². The van der Waals surface area contributed by atoms with E-state index in [0.717, 1.165) is 24.9 Å². The minimum absolute atomic E-state index is 0.0642. The zero-order valence-electron chi connectivity index (χ0n) is 14.6. The second kappa shape index (κ2) is 9.25. The van der Waals surface area contributed by atoms with Gasteiger partial charge in [-0.25, -0.2) is 23.5 Å². The van der Waals surface area contributed by atoms with E-state index >= 15 is 0 Å². The summed E-state index contributed by atoms with van der Waals surface area (Å²) in [5.41, 5.74) is 1.19. The van der Waals surface area contributed by atoms with Crippen LogP contribution in [0, 0.1) is 0 Å². The highest BCUT2D eigenvalue weighted by Crippen LogP contribution is 2.09. The van der Waals surface area contributed by atoms with Crippen LogP contribution in [0.1, 0.15) is 35.8 Å². The molecule has 0 radical (unpaired) electrons. The summed E-state index contributed by atoms with van der Waals surface area (Å²) in [7, 11) is -3.69. The predicted molar refractivity (Wildman–Crippen MR) is 99.3 cm³/mol. The smallest absolute Gasteiger partial charge is 0.270 e. The summed E-state index contributed by atoms with van der Waals surface area (Å²) < 4.78 is 22.4. The van der Waals surface area contributed by atoms with E-state index in [-0.39, 0.29) is 10.8 Å². The summed E-state index contributed by atoms with van der Waals surface area (Å²) in [6, 6.07) is 7.80. The van der Waals surface area contributed by atoms with Crippen molar-refractivity contribution in [2.24, 2.45) is 5.14 Å². The number of nitrogens with zero attached hydrogens (tertiary/aromatic N) is 2. The maximum Gasteiger partial charge on any atom is 0.270 e. The van der Waals surface area contributed by atoms with Crippen LogP contribution in [0.15, 0.2) is 41.4 Å². The number of sulfonamides is 1. The Morgan fingerprint density at radius 3 is 2.54 bits per heavy atom. The number of carbonyl (C=O) groups excluding carboxylic acids is 1. The van der Waals surface area contributed by atoms with Gasteiger partial charge in [0.15, 0.2) is 0 Å². The number of hydrogen-bond donors (Lipinski definition) is 3. The van der Waals surface area contributed by atoms with Crippen molar-refractivity contribution >= 4 is 21.9 Å². The van der Waals surface area contributed by atoms with Gasteiger partial charge >= 0.3 is 0 Å². The van der Waals surface area contributed by atoms with Crippen LogP contribution in [-0.4, -0.2) is 37.4 Å². The minimum atomic E-state index is -3.69. The second-order valence-electron chi connectivity index (χ2n) is 5.74. The molecule has 0 spiro atoms. The van der Waals surface area contributed by atoms with Crippen LogP contribution >= 0.6 is 0 Å². The highest BCUT2D eigenvalue weighted by Gasteiger charge is 2.09. The molecule has 140 valence electrons. The topological polar surface area (TPSA) is 127 Å². The Balaban J connectivity index is 1.86. The maximum atomic E-state index is 12.2. The normalized spacial score (nSPS) is 11.2. The fourth-order valence-corrected chi connectivity index (χ4v) is 2.72. The van der Waals surface area contributed by atoms with Crippen molar-refractivity contribution in [3.63, 3.8) is 0 Å². The maximum absolute atomic E-state index is 12.2. The largest absolute Gasteiger partial charge is 0.354 e. The molecule has 0 saturated carbocycles. The molecule has 1 aromatic heterocycles. The third-order valence-corrected chi connectivity index (χ3v) is 4.58. The van der Waals surface area contributed by atoms with Crippen LogP contribution in [0.2, 0.25) is 0 Å². The van der Waals surface area contributed by atoms with Gasteiger partial charge in [0, 0.05) is 19.3 Å². The fourth-order valence-electron chi connectivity index (χ4n) is 2.20. The monoisotopic (exact) mass is 377 g/mol. The first-order chi connectivity index (χ1) is 12.4. The molecule has 9 heteroatoms. The van der Waals surface area contributed by atoms with Crippen LogP contribution < -0.4 is 15.8 Å². The number of hydrogen-bond acceptors (Lipinski definition) is 6. The average Bonchev–Trinajstić information content (AvgIpc) is 2.62. The van der Waals surface area contributed by atoms with Crippen LogP contribution in [0.4, 0.5) is 5.95 Å². The van der Waals surface area contributed by atoms with Crippen LogP contribution in [0.3, 0.4) is 0 Å². The molecule has 0 atom stereocenters. The third-order valence-electron chi connectivity index (χ3n) is 3.65. The molecule has 8 nitrogen and oxygen atoms in total. The summed E-state index contributed by atoms with van der Waals surface area (Å²) in [6.07, 6.45) is 4.17. The van der Waals surface area contributed by atoms with Gasteiger partial charge in [0.2, 0.25) is 16.0 Å². The molecule has 1 aromatic carbocycles. The van der Waals surface area contributed by atoms with E-state index in [1.54, 1.807) is 24.4 Å². The molecule has 1 amide bonds. The number of aromatic nitrogens is 2.